The molecule has 0 radical (unpaired) electrons. The molecule has 0 atom stereocenters. The summed E-state index contributed by atoms with van der Waals surface area (Å²) in [5.41, 5.74) is 6.55. The van der Waals surface area contributed by atoms with Crippen molar-refractivity contribution in [2.24, 2.45) is 0 Å². The number of carbonyl (C=O) groups excluding carboxylic acids is 1. The Morgan fingerprint density at radius 3 is 1.94 bits per heavy atom. The Morgan fingerprint density at radius 2 is 1.32 bits per heavy atom. The van der Waals surface area contributed by atoms with Gasteiger partial charge in [-0.1, -0.05) is 78.9 Å². The molecule has 0 bridgehead atoms. The van der Waals surface area contributed by atoms with Gasteiger partial charge in [-0.2, -0.15) is 0 Å². The number of nitrogens with one attached hydrogen (secondary N) is 1. The minimum absolute atomic E-state index is 0.482. The molecule has 1 aromatic heterocycles. The summed E-state index contributed by atoms with van der Waals surface area (Å²) in [6.07, 6.45) is 0. The Kier molecular flexibility index (Phi) is 6.89. The minimum atomic E-state index is -0.482. The molecule has 1 amide bonds. The summed E-state index contributed by atoms with van der Waals surface area (Å²) in [4.78, 5) is 15.6. The molecule has 4 aromatic rings. The SMILES string of the molecule is O=C(NO)c1ccc(-c2cccc(CN(Cc3ccccc3)Cc3ccccc3)c2)s1. The molecule has 5 heteroatoms. The summed E-state index contributed by atoms with van der Waals surface area (Å²) in [5, 5.41) is 8.86. The fourth-order valence-corrected chi connectivity index (χ4v) is 4.49. The maximum absolute atomic E-state index is 11.7. The van der Waals surface area contributed by atoms with E-state index in [0.717, 1.165) is 30.1 Å². The molecule has 0 aliphatic carbocycles. The van der Waals surface area contributed by atoms with Crippen LogP contribution in [0, 0.1) is 0 Å². The van der Waals surface area contributed by atoms with E-state index in [9.17, 15) is 4.79 Å². The highest BCUT2D eigenvalue weighted by Crippen LogP contribution is 2.29. The van der Waals surface area contributed by atoms with Crippen molar-refractivity contribution < 1.29 is 10.0 Å². The molecule has 0 fully saturated rings. The zero-order valence-corrected chi connectivity index (χ0v) is 17.9. The average Bonchev–Trinajstić information content (AvgIpc) is 3.30. The van der Waals surface area contributed by atoms with E-state index in [4.69, 9.17) is 5.21 Å². The molecule has 156 valence electrons. The normalized spacial score (nSPS) is 10.9. The summed E-state index contributed by atoms with van der Waals surface area (Å²) >= 11 is 1.37. The lowest BCUT2D eigenvalue weighted by molar-refractivity contribution is 0.0711. The van der Waals surface area contributed by atoms with Gasteiger partial charge < -0.3 is 0 Å². The second kappa shape index (κ2) is 10.2. The standard InChI is InChI=1S/C26H24N2O2S/c29-26(27-30)25-15-14-24(31-25)23-13-7-12-22(16-23)19-28(17-20-8-3-1-4-9-20)18-21-10-5-2-6-11-21/h1-16,30H,17-19H2,(H,27,29). The highest BCUT2D eigenvalue weighted by atomic mass is 32.1. The number of carbonyl (C=O) groups is 1. The number of hydrogen-bond donors (Lipinski definition) is 2. The molecule has 31 heavy (non-hydrogen) atoms. The topological polar surface area (TPSA) is 52.6 Å². The summed E-state index contributed by atoms with van der Waals surface area (Å²) in [7, 11) is 0. The van der Waals surface area contributed by atoms with Crippen LogP contribution in [0.1, 0.15) is 26.4 Å². The van der Waals surface area contributed by atoms with Gasteiger partial charge in [0.2, 0.25) is 0 Å². The van der Waals surface area contributed by atoms with Crippen LogP contribution in [0.15, 0.2) is 97.1 Å². The Labute approximate surface area is 186 Å². The second-order valence-electron chi connectivity index (χ2n) is 7.42. The van der Waals surface area contributed by atoms with E-state index >= 15 is 0 Å². The zero-order chi connectivity index (χ0) is 21.5. The first kappa shape index (κ1) is 21.0. The van der Waals surface area contributed by atoms with Crippen LogP contribution in [-0.4, -0.2) is 16.0 Å². The van der Waals surface area contributed by atoms with Gasteiger partial charge >= 0.3 is 0 Å². The van der Waals surface area contributed by atoms with Crippen molar-refractivity contribution in [2.45, 2.75) is 19.6 Å². The van der Waals surface area contributed by atoms with Crippen molar-refractivity contribution in [2.75, 3.05) is 0 Å². The summed E-state index contributed by atoms with van der Waals surface area (Å²) in [6, 6.07) is 33.1. The van der Waals surface area contributed by atoms with Crippen LogP contribution in [0.25, 0.3) is 10.4 Å². The van der Waals surface area contributed by atoms with Gasteiger partial charge in [0.05, 0.1) is 4.88 Å². The van der Waals surface area contributed by atoms with Crippen molar-refractivity contribution in [1.82, 2.24) is 10.4 Å². The third-order valence-corrected chi connectivity index (χ3v) is 6.18. The maximum atomic E-state index is 11.7. The van der Waals surface area contributed by atoms with Gasteiger partial charge in [0.15, 0.2) is 0 Å². The highest BCUT2D eigenvalue weighted by molar-refractivity contribution is 7.17. The van der Waals surface area contributed by atoms with Crippen molar-refractivity contribution in [1.29, 1.82) is 0 Å². The van der Waals surface area contributed by atoms with Gasteiger partial charge in [0, 0.05) is 24.5 Å². The van der Waals surface area contributed by atoms with E-state index in [-0.39, 0.29) is 0 Å². The fraction of sp³-hybridized carbons (Fsp3) is 0.115. The largest absolute Gasteiger partial charge is 0.291 e. The van der Waals surface area contributed by atoms with E-state index in [1.807, 2.05) is 18.2 Å². The molecule has 0 saturated heterocycles. The molecule has 0 unspecified atom stereocenters. The quantitative estimate of drug-likeness (QED) is 0.278. The second-order valence-corrected chi connectivity index (χ2v) is 8.51. The molecular formula is C26H24N2O2S. The van der Waals surface area contributed by atoms with Gasteiger partial charge in [0.1, 0.15) is 0 Å². The fourth-order valence-electron chi connectivity index (χ4n) is 3.60. The first-order valence-corrected chi connectivity index (χ1v) is 11.0. The lowest BCUT2D eigenvalue weighted by Crippen LogP contribution is -2.22. The summed E-state index contributed by atoms with van der Waals surface area (Å²) in [5.74, 6) is -0.482. The summed E-state index contributed by atoms with van der Waals surface area (Å²) < 4.78 is 0. The van der Waals surface area contributed by atoms with E-state index < -0.39 is 5.91 Å². The first-order chi connectivity index (χ1) is 15.2. The number of amides is 1. The molecule has 0 aliphatic rings. The highest BCUT2D eigenvalue weighted by Gasteiger charge is 2.12. The number of nitrogens with zero attached hydrogens (tertiary/aromatic N) is 1. The van der Waals surface area contributed by atoms with Crippen molar-refractivity contribution in [3.8, 4) is 10.4 Å². The number of benzene rings is 3. The van der Waals surface area contributed by atoms with Crippen LogP contribution in [0.3, 0.4) is 0 Å². The minimum Gasteiger partial charge on any atom is -0.291 e. The predicted molar refractivity (Wildman–Crippen MR) is 125 cm³/mol. The molecule has 3 aromatic carbocycles. The Hall–Kier alpha value is -3.25. The molecule has 0 aliphatic heterocycles. The van der Waals surface area contributed by atoms with E-state index in [2.05, 4.69) is 77.7 Å². The molecule has 0 saturated carbocycles. The van der Waals surface area contributed by atoms with Crippen molar-refractivity contribution in [3.63, 3.8) is 0 Å². The molecule has 1 heterocycles. The van der Waals surface area contributed by atoms with Gasteiger partial charge in [0.25, 0.3) is 5.91 Å². The molecule has 4 nitrogen and oxygen atoms in total. The average molecular weight is 429 g/mol. The van der Waals surface area contributed by atoms with Crippen LogP contribution < -0.4 is 5.48 Å². The van der Waals surface area contributed by atoms with Crippen LogP contribution in [0.2, 0.25) is 0 Å². The zero-order valence-electron chi connectivity index (χ0n) is 17.1. The van der Waals surface area contributed by atoms with E-state index in [1.165, 1.54) is 28.0 Å². The predicted octanol–water partition coefficient (Wildman–Crippen LogP) is 5.74. The monoisotopic (exact) mass is 428 g/mol. The van der Waals surface area contributed by atoms with Gasteiger partial charge in [-0.25, -0.2) is 5.48 Å². The molecule has 2 N–H and O–H groups in total. The molecular weight excluding hydrogens is 404 g/mol. The Balaban J connectivity index is 1.55. The first-order valence-electron chi connectivity index (χ1n) is 10.1. The van der Waals surface area contributed by atoms with E-state index in [0.29, 0.717) is 4.88 Å². The third kappa shape index (κ3) is 5.67. The third-order valence-electron chi connectivity index (χ3n) is 5.05. The van der Waals surface area contributed by atoms with Gasteiger partial charge in [-0.05, 0) is 40.5 Å². The number of rotatable bonds is 8. The van der Waals surface area contributed by atoms with Crippen LogP contribution >= 0.6 is 11.3 Å². The van der Waals surface area contributed by atoms with Crippen LogP contribution in [-0.2, 0) is 19.6 Å². The Morgan fingerprint density at radius 1 is 0.742 bits per heavy atom. The Bertz CT molecular complexity index is 1080. The van der Waals surface area contributed by atoms with Crippen LogP contribution in [0.5, 0.6) is 0 Å². The lowest BCUT2D eigenvalue weighted by Gasteiger charge is -2.23. The van der Waals surface area contributed by atoms with Crippen LogP contribution in [0.4, 0.5) is 0 Å². The molecule has 4 rings (SSSR count). The van der Waals surface area contributed by atoms with E-state index in [1.54, 1.807) is 11.5 Å². The van der Waals surface area contributed by atoms with Gasteiger partial charge in [-0.15, -0.1) is 11.3 Å². The number of hydrogen-bond acceptors (Lipinski definition) is 4. The van der Waals surface area contributed by atoms with Crippen molar-refractivity contribution >= 4 is 17.2 Å². The van der Waals surface area contributed by atoms with Crippen molar-refractivity contribution in [3.05, 3.63) is 119 Å². The smallest absolute Gasteiger partial charge is 0.284 e. The maximum Gasteiger partial charge on any atom is 0.284 e. The number of hydroxylamine groups is 1. The number of thiophene rings is 1. The van der Waals surface area contributed by atoms with Gasteiger partial charge in [-0.3, -0.25) is 14.9 Å². The summed E-state index contributed by atoms with van der Waals surface area (Å²) in [6.45, 7) is 2.53. The molecule has 0 spiro atoms. The lowest BCUT2D eigenvalue weighted by atomic mass is 10.1.